The van der Waals surface area contributed by atoms with Crippen molar-refractivity contribution in [2.75, 3.05) is 0 Å². The summed E-state index contributed by atoms with van der Waals surface area (Å²) in [4.78, 5) is 0. The van der Waals surface area contributed by atoms with Gasteiger partial charge in [-0.2, -0.15) is 0 Å². The molecule has 1 atom stereocenters. The summed E-state index contributed by atoms with van der Waals surface area (Å²) in [5.41, 5.74) is 0. The third-order valence-corrected chi connectivity index (χ3v) is 1.31. The van der Waals surface area contributed by atoms with Crippen LogP contribution in [-0.2, 0) is 4.74 Å². The van der Waals surface area contributed by atoms with Gasteiger partial charge in [-0.15, -0.1) is 0 Å². The van der Waals surface area contributed by atoms with Gasteiger partial charge in [0.2, 0.25) is 0 Å². The van der Waals surface area contributed by atoms with Crippen molar-refractivity contribution in [3.8, 4) is 0 Å². The molecule has 0 spiro atoms. The van der Waals surface area contributed by atoms with Gasteiger partial charge >= 0.3 is 0 Å². The van der Waals surface area contributed by atoms with E-state index in [1.165, 1.54) is 0 Å². The summed E-state index contributed by atoms with van der Waals surface area (Å²) in [7, 11) is 0. The first-order valence-corrected chi connectivity index (χ1v) is 3.66. The molecular weight excluding hydrogens is 124 g/mol. The van der Waals surface area contributed by atoms with E-state index in [-0.39, 0.29) is 0 Å². The summed E-state index contributed by atoms with van der Waals surface area (Å²) in [6, 6.07) is 0. The molecule has 0 bridgehead atoms. The lowest BCUT2D eigenvalue weighted by atomic mass is 10.3. The number of rotatable bonds is 4. The van der Waals surface area contributed by atoms with Gasteiger partial charge in [0.25, 0.3) is 0 Å². The highest BCUT2D eigenvalue weighted by Crippen LogP contribution is 2.03. The molecular formula is C9H16O. The summed E-state index contributed by atoms with van der Waals surface area (Å²) in [6.07, 6.45) is 4.96. The molecule has 0 rings (SSSR count). The lowest BCUT2D eigenvalue weighted by molar-refractivity contribution is 0.130. The van der Waals surface area contributed by atoms with Crippen molar-refractivity contribution in [1.29, 1.82) is 0 Å². The fourth-order valence-corrected chi connectivity index (χ4v) is 0.606. The molecule has 0 fully saturated rings. The van der Waals surface area contributed by atoms with Gasteiger partial charge in [-0.3, -0.25) is 0 Å². The Balaban J connectivity index is 3.66. The molecule has 0 aromatic rings. The van der Waals surface area contributed by atoms with Gasteiger partial charge in [-0.25, -0.2) is 0 Å². The Morgan fingerprint density at radius 1 is 1.70 bits per heavy atom. The predicted octanol–water partition coefficient (Wildman–Crippen LogP) is 2.89. The van der Waals surface area contributed by atoms with E-state index in [9.17, 15) is 0 Å². The maximum absolute atomic E-state index is 5.43. The number of hydrogen-bond acceptors (Lipinski definition) is 1. The highest BCUT2D eigenvalue weighted by molar-refractivity contribution is 5.01. The highest BCUT2D eigenvalue weighted by Gasteiger charge is 1.96. The third kappa shape index (κ3) is 4.19. The fraction of sp³-hybridized carbons (Fsp3) is 0.556. The SMILES string of the molecule is C=C/C=C(\C)OC(C)CC. The second-order valence-electron chi connectivity index (χ2n) is 2.35. The van der Waals surface area contributed by atoms with E-state index in [0.29, 0.717) is 6.10 Å². The standard InChI is InChI=1S/C9H16O/c1-5-7-9(4)10-8(3)6-2/h5,7-8H,1,6H2,2-4H3/b9-7+. The van der Waals surface area contributed by atoms with Gasteiger partial charge in [0, 0.05) is 0 Å². The van der Waals surface area contributed by atoms with E-state index in [1.807, 2.05) is 13.0 Å². The molecule has 1 nitrogen and oxygen atoms in total. The lowest BCUT2D eigenvalue weighted by Gasteiger charge is -2.11. The van der Waals surface area contributed by atoms with Crippen LogP contribution in [0.3, 0.4) is 0 Å². The van der Waals surface area contributed by atoms with Gasteiger partial charge in [-0.05, 0) is 26.3 Å². The quantitative estimate of drug-likeness (QED) is 0.431. The maximum atomic E-state index is 5.43. The van der Waals surface area contributed by atoms with E-state index in [4.69, 9.17) is 4.74 Å². The molecule has 0 heterocycles. The van der Waals surface area contributed by atoms with Crippen molar-refractivity contribution in [2.45, 2.75) is 33.3 Å². The topological polar surface area (TPSA) is 9.23 Å². The molecule has 0 aromatic carbocycles. The molecule has 0 aliphatic rings. The van der Waals surface area contributed by atoms with E-state index in [1.54, 1.807) is 6.08 Å². The lowest BCUT2D eigenvalue weighted by Crippen LogP contribution is -2.03. The normalized spacial score (nSPS) is 14.5. The summed E-state index contributed by atoms with van der Waals surface area (Å²) in [5.74, 6) is 0.935. The van der Waals surface area contributed by atoms with Crippen molar-refractivity contribution in [3.63, 3.8) is 0 Å². The van der Waals surface area contributed by atoms with Crippen LogP contribution >= 0.6 is 0 Å². The van der Waals surface area contributed by atoms with Crippen molar-refractivity contribution in [3.05, 3.63) is 24.5 Å². The highest BCUT2D eigenvalue weighted by atomic mass is 16.5. The van der Waals surface area contributed by atoms with Crippen molar-refractivity contribution < 1.29 is 4.74 Å². The van der Waals surface area contributed by atoms with Gasteiger partial charge in [-0.1, -0.05) is 19.6 Å². The van der Waals surface area contributed by atoms with Crippen molar-refractivity contribution in [2.24, 2.45) is 0 Å². The summed E-state index contributed by atoms with van der Waals surface area (Å²) in [5, 5.41) is 0. The average Bonchev–Trinajstić information content (AvgIpc) is 1.88. The van der Waals surface area contributed by atoms with E-state index < -0.39 is 0 Å². The van der Waals surface area contributed by atoms with Crippen molar-refractivity contribution in [1.82, 2.24) is 0 Å². The molecule has 0 aliphatic heterocycles. The molecule has 0 aromatic heterocycles. The second-order valence-corrected chi connectivity index (χ2v) is 2.35. The molecule has 0 aliphatic carbocycles. The Morgan fingerprint density at radius 3 is 2.70 bits per heavy atom. The summed E-state index contributed by atoms with van der Waals surface area (Å²) >= 11 is 0. The molecule has 0 radical (unpaired) electrons. The Kier molecular flexibility index (Phi) is 4.73. The first kappa shape index (κ1) is 9.28. The van der Waals surface area contributed by atoms with E-state index in [2.05, 4.69) is 20.4 Å². The molecule has 1 heteroatoms. The van der Waals surface area contributed by atoms with Crippen molar-refractivity contribution >= 4 is 0 Å². The first-order chi connectivity index (χ1) is 4.70. The molecule has 58 valence electrons. The van der Waals surface area contributed by atoms with E-state index >= 15 is 0 Å². The zero-order valence-corrected chi connectivity index (χ0v) is 7.05. The van der Waals surface area contributed by atoms with Crippen LogP contribution in [0.25, 0.3) is 0 Å². The maximum Gasteiger partial charge on any atom is 0.0951 e. The molecule has 0 saturated carbocycles. The van der Waals surface area contributed by atoms with Gasteiger partial charge < -0.3 is 4.74 Å². The second kappa shape index (κ2) is 5.10. The van der Waals surface area contributed by atoms with Crippen LogP contribution in [-0.4, -0.2) is 6.10 Å². The average molecular weight is 140 g/mol. The first-order valence-electron chi connectivity index (χ1n) is 3.66. The molecule has 0 saturated heterocycles. The van der Waals surface area contributed by atoms with Crippen LogP contribution in [0.4, 0.5) is 0 Å². The van der Waals surface area contributed by atoms with Crippen LogP contribution in [0.2, 0.25) is 0 Å². The Hall–Kier alpha value is -0.720. The van der Waals surface area contributed by atoms with Crippen LogP contribution < -0.4 is 0 Å². The predicted molar refractivity (Wildman–Crippen MR) is 44.8 cm³/mol. The Labute approximate surface area is 63.4 Å². The zero-order chi connectivity index (χ0) is 7.98. The van der Waals surface area contributed by atoms with Crippen LogP contribution in [0.1, 0.15) is 27.2 Å². The van der Waals surface area contributed by atoms with Gasteiger partial charge in [0.05, 0.1) is 11.9 Å². The van der Waals surface area contributed by atoms with Crippen LogP contribution in [0.5, 0.6) is 0 Å². The minimum atomic E-state index is 0.316. The zero-order valence-electron chi connectivity index (χ0n) is 7.05. The fourth-order valence-electron chi connectivity index (χ4n) is 0.606. The number of allylic oxidation sites excluding steroid dienone is 3. The monoisotopic (exact) mass is 140 g/mol. The Morgan fingerprint density at radius 2 is 2.30 bits per heavy atom. The molecule has 10 heavy (non-hydrogen) atoms. The largest absolute Gasteiger partial charge is 0.495 e. The number of hydrogen-bond donors (Lipinski definition) is 0. The minimum absolute atomic E-state index is 0.316. The molecule has 1 unspecified atom stereocenters. The smallest absolute Gasteiger partial charge is 0.0951 e. The number of ether oxygens (including phenoxy) is 1. The van der Waals surface area contributed by atoms with Crippen LogP contribution in [0.15, 0.2) is 24.5 Å². The van der Waals surface area contributed by atoms with Gasteiger partial charge in [0.15, 0.2) is 0 Å². The molecule has 0 amide bonds. The summed E-state index contributed by atoms with van der Waals surface area (Å²) in [6.45, 7) is 9.67. The molecule has 0 N–H and O–H groups in total. The van der Waals surface area contributed by atoms with Crippen LogP contribution in [0, 0.1) is 0 Å². The Bertz CT molecular complexity index is 125. The minimum Gasteiger partial charge on any atom is -0.495 e. The third-order valence-electron chi connectivity index (χ3n) is 1.31. The van der Waals surface area contributed by atoms with E-state index in [0.717, 1.165) is 12.2 Å². The summed E-state index contributed by atoms with van der Waals surface area (Å²) < 4.78 is 5.43. The van der Waals surface area contributed by atoms with Gasteiger partial charge in [0.1, 0.15) is 0 Å².